The standard InChI is InChI=1S/C22H25ClN4O3/c1-22(2,3)30-21(29)25-17(20(28)26-19-10-9-15(23)12-24-19)11-14-13-27(4)18-8-6-5-7-16(14)18/h5-10,12-13,17H,11H2,1-4H3,(H,25,29)(H,24,26,28)/t17-/m0/s1. The highest BCUT2D eigenvalue weighted by Gasteiger charge is 2.26. The van der Waals surface area contributed by atoms with Gasteiger partial charge in [0.1, 0.15) is 17.5 Å². The normalized spacial score (nSPS) is 12.4. The van der Waals surface area contributed by atoms with Gasteiger partial charge in [-0.3, -0.25) is 4.79 Å². The molecule has 0 unspecified atom stereocenters. The summed E-state index contributed by atoms with van der Waals surface area (Å²) < 4.78 is 7.34. The van der Waals surface area contributed by atoms with Gasteiger partial charge in [-0.05, 0) is 44.5 Å². The van der Waals surface area contributed by atoms with Crippen molar-refractivity contribution in [2.24, 2.45) is 7.05 Å². The van der Waals surface area contributed by atoms with Crippen molar-refractivity contribution >= 4 is 40.3 Å². The molecule has 8 heteroatoms. The number of pyridine rings is 1. The van der Waals surface area contributed by atoms with E-state index in [1.54, 1.807) is 32.9 Å². The van der Waals surface area contributed by atoms with Gasteiger partial charge in [0.2, 0.25) is 5.91 Å². The molecule has 2 amide bonds. The third kappa shape index (κ3) is 5.51. The zero-order valence-corrected chi connectivity index (χ0v) is 18.2. The summed E-state index contributed by atoms with van der Waals surface area (Å²) in [7, 11) is 1.94. The maximum Gasteiger partial charge on any atom is 0.408 e. The zero-order valence-electron chi connectivity index (χ0n) is 17.4. The average molecular weight is 429 g/mol. The number of benzene rings is 1. The largest absolute Gasteiger partial charge is 0.444 e. The SMILES string of the molecule is Cn1cc(C[C@H](NC(=O)OC(C)(C)C)C(=O)Nc2ccc(Cl)cn2)c2ccccc21. The van der Waals surface area contributed by atoms with Gasteiger partial charge in [0, 0.05) is 36.8 Å². The molecule has 0 aliphatic rings. The molecule has 0 fully saturated rings. The first-order chi connectivity index (χ1) is 14.1. The maximum absolute atomic E-state index is 13.0. The van der Waals surface area contributed by atoms with Crippen molar-refractivity contribution in [2.45, 2.75) is 38.8 Å². The minimum absolute atomic E-state index is 0.292. The number of carbonyl (C=O) groups excluding carboxylic acids is 2. The number of aryl methyl sites for hydroxylation is 1. The molecule has 0 radical (unpaired) electrons. The fraction of sp³-hybridized carbons (Fsp3) is 0.318. The number of ether oxygens (including phenoxy) is 1. The highest BCUT2D eigenvalue weighted by Crippen LogP contribution is 2.22. The van der Waals surface area contributed by atoms with Crippen molar-refractivity contribution in [1.29, 1.82) is 0 Å². The van der Waals surface area contributed by atoms with Gasteiger partial charge < -0.3 is 19.9 Å². The molecule has 0 aliphatic heterocycles. The molecule has 0 saturated carbocycles. The lowest BCUT2D eigenvalue weighted by Gasteiger charge is -2.23. The van der Waals surface area contributed by atoms with Crippen LogP contribution < -0.4 is 10.6 Å². The molecule has 1 atom stereocenters. The van der Waals surface area contributed by atoms with Gasteiger partial charge in [-0.1, -0.05) is 29.8 Å². The van der Waals surface area contributed by atoms with E-state index in [2.05, 4.69) is 15.6 Å². The number of alkyl carbamates (subject to hydrolysis) is 1. The van der Waals surface area contributed by atoms with Gasteiger partial charge in [0.05, 0.1) is 5.02 Å². The number of fused-ring (bicyclic) bond motifs is 1. The molecule has 3 aromatic rings. The first-order valence-corrected chi connectivity index (χ1v) is 9.95. The van der Waals surface area contributed by atoms with Crippen molar-refractivity contribution in [3.8, 4) is 0 Å². The molecule has 30 heavy (non-hydrogen) atoms. The van der Waals surface area contributed by atoms with Crippen LogP contribution >= 0.6 is 11.6 Å². The molecule has 1 aromatic carbocycles. The highest BCUT2D eigenvalue weighted by molar-refractivity contribution is 6.30. The Balaban J connectivity index is 1.85. The topological polar surface area (TPSA) is 85.2 Å². The van der Waals surface area contributed by atoms with Crippen LogP contribution in [0.3, 0.4) is 0 Å². The Bertz CT molecular complexity index is 1050. The summed E-state index contributed by atoms with van der Waals surface area (Å²) in [6.45, 7) is 5.30. The van der Waals surface area contributed by atoms with Crippen molar-refractivity contribution in [2.75, 3.05) is 5.32 Å². The molecule has 3 rings (SSSR count). The van der Waals surface area contributed by atoms with Crippen LogP contribution in [0.5, 0.6) is 0 Å². The van der Waals surface area contributed by atoms with E-state index in [0.29, 0.717) is 17.3 Å². The quantitative estimate of drug-likeness (QED) is 0.634. The molecule has 2 heterocycles. The Kier molecular flexibility index (Phi) is 6.31. The number of amides is 2. The fourth-order valence-electron chi connectivity index (χ4n) is 3.13. The van der Waals surface area contributed by atoms with Crippen LogP contribution in [0.2, 0.25) is 5.02 Å². The molecular formula is C22H25ClN4O3. The van der Waals surface area contributed by atoms with Gasteiger partial charge in [-0.2, -0.15) is 0 Å². The van der Waals surface area contributed by atoms with Crippen LogP contribution in [0.4, 0.5) is 10.6 Å². The summed E-state index contributed by atoms with van der Waals surface area (Å²) in [5.41, 5.74) is 1.30. The molecular weight excluding hydrogens is 404 g/mol. The lowest BCUT2D eigenvalue weighted by atomic mass is 10.0. The predicted molar refractivity (Wildman–Crippen MR) is 118 cm³/mol. The Hall–Kier alpha value is -3.06. The van der Waals surface area contributed by atoms with Crippen LogP contribution in [0.25, 0.3) is 10.9 Å². The summed E-state index contributed by atoms with van der Waals surface area (Å²) in [5, 5.41) is 6.90. The van der Waals surface area contributed by atoms with Crippen molar-refractivity contribution in [3.05, 3.63) is 59.4 Å². The minimum atomic E-state index is -0.858. The minimum Gasteiger partial charge on any atom is -0.444 e. The summed E-state index contributed by atoms with van der Waals surface area (Å²) >= 11 is 5.86. The fourth-order valence-corrected chi connectivity index (χ4v) is 3.24. The summed E-state index contributed by atoms with van der Waals surface area (Å²) in [6, 6.07) is 10.3. The number of carbonyl (C=O) groups is 2. The first-order valence-electron chi connectivity index (χ1n) is 9.57. The van der Waals surface area contributed by atoms with E-state index < -0.39 is 23.6 Å². The molecule has 2 N–H and O–H groups in total. The van der Waals surface area contributed by atoms with E-state index in [1.807, 2.05) is 42.1 Å². The molecule has 0 bridgehead atoms. The maximum atomic E-state index is 13.0. The lowest BCUT2D eigenvalue weighted by molar-refractivity contribution is -0.118. The van der Waals surface area contributed by atoms with E-state index >= 15 is 0 Å². The molecule has 0 aliphatic carbocycles. The van der Waals surface area contributed by atoms with E-state index in [1.165, 1.54) is 6.20 Å². The zero-order chi connectivity index (χ0) is 21.9. The smallest absolute Gasteiger partial charge is 0.408 e. The molecule has 7 nitrogen and oxygen atoms in total. The van der Waals surface area contributed by atoms with E-state index in [0.717, 1.165) is 16.5 Å². The van der Waals surface area contributed by atoms with Gasteiger partial charge >= 0.3 is 6.09 Å². The number of halogens is 1. The monoisotopic (exact) mass is 428 g/mol. The number of nitrogens with one attached hydrogen (secondary N) is 2. The molecule has 2 aromatic heterocycles. The van der Waals surface area contributed by atoms with Gasteiger partial charge in [0.15, 0.2) is 0 Å². The molecule has 0 saturated heterocycles. The summed E-state index contributed by atoms with van der Waals surface area (Å²) in [6.07, 6.45) is 3.03. The summed E-state index contributed by atoms with van der Waals surface area (Å²) in [5.74, 6) is -0.0538. The second-order valence-electron chi connectivity index (χ2n) is 8.04. The number of anilines is 1. The van der Waals surface area contributed by atoms with Crippen molar-refractivity contribution in [3.63, 3.8) is 0 Å². The average Bonchev–Trinajstić information content (AvgIpc) is 2.97. The van der Waals surface area contributed by atoms with E-state index in [9.17, 15) is 9.59 Å². The van der Waals surface area contributed by atoms with Gasteiger partial charge in [0.25, 0.3) is 0 Å². The lowest BCUT2D eigenvalue weighted by Crippen LogP contribution is -2.47. The van der Waals surface area contributed by atoms with Crippen LogP contribution in [-0.4, -0.2) is 33.2 Å². The molecule has 0 spiro atoms. The van der Waals surface area contributed by atoms with Crippen LogP contribution in [-0.2, 0) is 23.0 Å². The molecule has 158 valence electrons. The predicted octanol–water partition coefficient (Wildman–Crippen LogP) is 4.30. The number of hydrogen-bond donors (Lipinski definition) is 2. The second-order valence-corrected chi connectivity index (χ2v) is 8.47. The Labute approximate surface area is 180 Å². The Morgan fingerprint density at radius 2 is 1.93 bits per heavy atom. The summed E-state index contributed by atoms with van der Waals surface area (Å²) in [4.78, 5) is 29.5. The van der Waals surface area contributed by atoms with Crippen LogP contribution in [0.1, 0.15) is 26.3 Å². The van der Waals surface area contributed by atoms with E-state index in [-0.39, 0.29) is 0 Å². The Morgan fingerprint density at radius 1 is 1.20 bits per heavy atom. The van der Waals surface area contributed by atoms with Crippen molar-refractivity contribution < 1.29 is 14.3 Å². The number of para-hydroxylation sites is 1. The third-order valence-electron chi connectivity index (χ3n) is 4.39. The third-order valence-corrected chi connectivity index (χ3v) is 4.61. The number of rotatable bonds is 5. The first kappa shape index (κ1) is 21.6. The van der Waals surface area contributed by atoms with Gasteiger partial charge in [-0.15, -0.1) is 0 Å². The van der Waals surface area contributed by atoms with Crippen LogP contribution in [0, 0.1) is 0 Å². The van der Waals surface area contributed by atoms with Crippen LogP contribution in [0.15, 0.2) is 48.8 Å². The highest BCUT2D eigenvalue weighted by atomic mass is 35.5. The number of hydrogen-bond acceptors (Lipinski definition) is 4. The number of aromatic nitrogens is 2. The Morgan fingerprint density at radius 3 is 2.60 bits per heavy atom. The number of nitrogens with zero attached hydrogens (tertiary/aromatic N) is 2. The second kappa shape index (κ2) is 8.75. The van der Waals surface area contributed by atoms with E-state index in [4.69, 9.17) is 16.3 Å². The van der Waals surface area contributed by atoms with Crippen molar-refractivity contribution in [1.82, 2.24) is 14.9 Å². The van der Waals surface area contributed by atoms with Gasteiger partial charge in [-0.25, -0.2) is 9.78 Å².